The van der Waals surface area contributed by atoms with Crippen molar-refractivity contribution < 1.29 is 27.4 Å². The molecule has 0 saturated heterocycles. The van der Waals surface area contributed by atoms with Crippen molar-refractivity contribution in [3.05, 3.63) is 53.6 Å². The van der Waals surface area contributed by atoms with E-state index in [2.05, 4.69) is 0 Å². The van der Waals surface area contributed by atoms with Crippen LogP contribution in [0.2, 0.25) is 0 Å². The fourth-order valence-corrected chi connectivity index (χ4v) is 3.45. The van der Waals surface area contributed by atoms with E-state index < -0.39 is 16.0 Å². The molecule has 0 heterocycles. The van der Waals surface area contributed by atoms with Crippen molar-refractivity contribution in [2.75, 3.05) is 27.3 Å². The molecule has 0 fully saturated rings. The molecule has 0 amide bonds. The van der Waals surface area contributed by atoms with Crippen molar-refractivity contribution >= 4 is 16.0 Å². The highest BCUT2D eigenvalue weighted by atomic mass is 32.2. The van der Waals surface area contributed by atoms with Crippen molar-refractivity contribution in [3.8, 4) is 11.5 Å². The molecule has 0 aliphatic rings. The number of carbonyl (C=O) groups is 1. The van der Waals surface area contributed by atoms with Gasteiger partial charge in [0.05, 0.1) is 23.7 Å². The Morgan fingerprint density at radius 1 is 1.00 bits per heavy atom. The lowest BCUT2D eigenvalue weighted by atomic mass is 10.2. The maximum Gasteiger partial charge on any atom is 0.338 e. The molecule has 0 aliphatic carbocycles. The number of benzene rings is 2. The molecule has 0 unspecified atom stereocenters. The zero-order chi connectivity index (χ0) is 21.4. The van der Waals surface area contributed by atoms with Crippen LogP contribution in [0.5, 0.6) is 11.5 Å². The first-order chi connectivity index (χ1) is 13.8. The minimum Gasteiger partial charge on any atom is -0.490 e. The van der Waals surface area contributed by atoms with Gasteiger partial charge in [0.2, 0.25) is 10.0 Å². The number of nitrogens with zero attached hydrogens (tertiary/aromatic N) is 1. The van der Waals surface area contributed by atoms with Crippen molar-refractivity contribution in [3.63, 3.8) is 0 Å². The highest BCUT2D eigenvalue weighted by Gasteiger charge is 2.18. The lowest BCUT2D eigenvalue weighted by Gasteiger charge is -2.13. The van der Waals surface area contributed by atoms with Crippen LogP contribution in [0, 0.1) is 0 Å². The third-order valence-electron chi connectivity index (χ3n) is 3.99. The Kier molecular flexibility index (Phi) is 8.04. The van der Waals surface area contributed by atoms with Crippen LogP contribution < -0.4 is 9.47 Å². The predicted octanol–water partition coefficient (Wildman–Crippen LogP) is 3.48. The molecule has 29 heavy (non-hydrogen) atoms. The second-order valence-corrected chi connectivity index (χ2v) is 8.61. The van der Waals surface area contributed by atoms with Crippen LogP contribution in [0.1, 0.15) is 36.2 Å². The number of ether oxygens (including phenoxy) is 3. The summed E-state index contributed by atoms with van der Waals surface area (Å²) in [4.78, 5) is 12.6. The lowest BCUT2D eigenvalue weighted by molar-refractivity contribution is 0.0472. The van der Waals surface area contributed by atoms with E-state index >= 15 is 0 Å². The van der Waals surface area contributed by atoms with Crippen LogP contribution in [-0.4, -0.2) is 46.0 Å². The number of carbonyl (C=O) groups excluding carboxylic acids is 1. The van der Waals surface area contributed by atoms with Gasteiger partial charge in [-0.3, -0.25) is 0 Å². The summed E-state index contributed by atoms with van der Waals surface area (Å²) in [5.74, 6) is 0.523. The predicted molar refractivity (Wildman–Crippen MR) is 110 cm³/mol. The molecule has 0 N–H and O–H groups in total. The maximum absolute atomic E-state index is 12.4. The van der Waals surface area contributed by atoms with Crippen LogP contribution in [0.25, 0.3) is 0 Å². The van der Waals surface area contributed by atoms with E-state index in [1.807, 2.05) is 13.8 Å². The fourth-order valence-electron chi connectivity index (χ4n) is 2.47. The maximum atomic E-state index is 12.4. The normalized spacial score (nSPS) is 11.3. The molecule has 0 saturated carbocycles. The summed E-state index contributed by atoms with van der Waals surface area (Å²) < 4.78 is 42.2. The van der Waals surface area contributed by atoms with Crippen molar-refractivity contribution in [2.45, 2.75) is 31.8 Å². The summed E-state index contributed by atoms with van der Waals surface area (Å²) in [5.41, 5.74) is 0.906. The number of hydrogen-bond donors (Lipinski definition) is 0. The van der Waals surface area contributed by atoms with E-state index in [1.165, 1.54) is 26.2 Å². The van der Waals surface area contributed by atoms with Crippen LogP contribution in [-0.2, 0) is 21.4 Å². The highest BCUT2D eigenvalue weighted by Crippen LogP contribution is 2.29. The summed E-state index contributed by atoms with van der Waals surface area (Å²) in [6, 6.07) is 11.2. The van der Waals surface area contributed by atoms with E-state index in [4.69, 9.17) is 14.2 Å². The third kappa shape index (κ3) is 5.95. The Morgan fingerprint density at radius 2 is 1.76 bits per heavy atom. The summed E-state index contributed by atoms with van der Waals surface area (Å²) >= 11 is 0. The minimum absolute atomic E-state index is 0.0479. The van der Waals surface area contributed by atoms with Crippen molar-refractivity contribution in [1.29, 1.82) is 0 Å². The van der Waals surface area contributed by atoms with Gasteiger partial charge in [0.25, 0.3) is 0 Å². The molecule has 0 spiro atoms. The zero-order valence-corrected chi connectivity index (χ0v) is 18.0. The second kappa shape index (κ2) is 10.3. The largest absolute Gasteiger partial charge is 0.490 e. The van der Waals surface area contributed by atoms with Gasteiger partial charge >= 0.3 is 5.97 Å². The Balaban J connectivity index is 2.12. The SMILES string of the molecule is CCCOc1ccc(C(=O)OCc2cccc(S(=O)(=O)N(C)C)c2)cc1OCC. The Bertz CT molecular complexity index is 940. The summed E-state index contributed by atoms with van der Waals surface area (Å²) in [6.45, 7) is 4.80. The molecule has 7 nitrogen and oxygen atoms in total. The Labute approximate surface area is 172 Å². The first kappa shape index (κ1) is 22.7. The standard InChI is InChI=1S/C21H27NO6S/c1-5-12-27-19-11-10-17(14-20(19)26-6-2)21(23)28-15-16-8-7-9-18(13-16)29(24,25)22(3)4/h7-11,13-14H,5-6,12,15H2,1-4H3. The Morgan fingerprint density at radius 3 is 2.41 bits per heavy atom. The first-order valence-electron chi connectivity index (χ1n) is 9.37. The van der Waals surface area contributed by atoms with Gasteiger partial charge in [-0.2, -0.15) is 0 Å². The van der Waals surface area contributed by atoms with Gasteiger partial charge in [0.15, 0.2) is 11.5 Å². The molecular formula is C21H27NO6S. The number of hydrogen-bond acceptors (Lipinski definition) is 6. The second-order valence-electron chi connectivity index (χ2n) is 6.45. The molecule has 8 heteroatoms. The van der Waals surface area contributed by atoms with E-state index in [0.717, 1.165) is 10.7 Å². The zero-order valence-electron chi connectivity index (χ0n) is 17.2. The quantitative estimate of drug-likeness (QED) is 0.546. The Hall–Kier alpha value is -2.58. The molecule has 2 aromatic carbocycles. The van der Waals surface area contributed by atoms with Crippen LogP contribution in [0.3, 0.4) is 0 Å². The van der Waals surface area contributed by atoms with Gasteiger partial charge in [-0.1, -0.05) is 19.1 Å². The van der Waals surface area contributed by atoms with E-state index in [-0.39, 0.29) is 11.5 Å². The van der Waals surface area contributed by atoms with Crippen molar-refractivity contribution in [1.82, 2.24) is 4.31 Å². The molecule has 158 valence electrons. The summed E-state index contributed by atoms with van der Waals surface area (Å²) in [7, 11) is -0.624. The molecular weight excluding hydrogens is 394 g/mol. The average Bonchev–Trinajstić information content (AvgIpc) is 2.71. The topological polar surface area (TPSA) is 82.1 Å². The van der Waals surface area contributed by atoms with Gasteiger partial charge in [0.1, 0.15) is 6.61 Å². The molecule has 0 atom stereocenters. The first-order valence-corrected chi connectivity index (χ1v) is 10.8. The summed E-state index contributed by atoms with van der Waals surface area (Å²) in [6.07, 6.45) is 0.859. The van der Waals surface area contributed by atoms with Crippen LogP contribution in [0.15, 0.2) is 47.4 Å². The molecule has 0 aromatic heterocycles. The van der Waals surface area contributed by atoms with E-state index in [9.17, 15) is 13.2 Å². The number of esters is 1. The van der Waals surface area contributed by atoms with Crippen LogP contribution in [0.4, 0.5) is 0 Å². The van der Waals surface area contributed by atoms with E-state index in [1.54, 1.807) is 30.3 Å². The van der Waals surface area contributed by atoms with E-state index in [0.29, 0.717) is 35.8 Å². The van der Waals surface area contributed by atoms with Crippen molar-refractivity contribution in [2.24, 2.45) is 0 Å². The fraction of sp³-hybridized carbons (Fsp3) is 0.381. The van der Waals surface area contributed by atoms with Gasteiger partial charge in [-0.15, -0.1) is 0 Å². The monoisotopic (exact) mass is 421 g/mol. The van der Waals surface area contributed by atoms with Gasteiger partial charge in [0, 0.05) is 14.1 Å². The number of rotatable bonds is 10. The molecule has 2 aromatic rings. The molecule has 2 rings (SSSR count). The average molecular weight is 422 g/mol. The van der Waals surface area contributed by atoms with Gasteiger partial charge in [-0.25, -0.2) is 17.5 Å². The minimum atomic E-state index is -3.55. The smallest absolute Gasteiger partial charge is 0.338 e. The third-order valence-corrected chi connectivity index (χ3v) is 5.80. The molecule has 0 radical (unpaired) electrons. The lowest BCUT2D eigenvalue weighted by Crippen LogP contribution is -2.22. The van der Waals surface area contributed by atoms with Gasteiger partial charge in [-0.05, 0) is 49.2 Å². The molecule has 0 aliphatic heterocycles. The highest BCUT2D eigenvalue weighted by molar-refractivity contribution is 7.89. The number of sulfonamides is 1. The summed E-state index contributed by atoms with van der Waals surface area (Å²) in [5, 5.41) is 0. The van der Waals surface area contributed by atoms with Gasteiger partial charge < -0.3 is 14.2 Å². The molecule has 0 bridgehead atoms. The van der Waals surface area contributed by atoms with Crippen LogP contribution >= 0.6 is 0 Å².